The van der Waals surface area contributed by atoms with Gasteiger partial charge in [0.15, 0.2) is 0 Å². The van der Waals surface area contributed by atoms with Gasteiger partial charge in [-0.15, -0.1) is 0 Å². The lowest BCUT2D eigenvalue weighted by Crippen LogP contribution is -2.19. The summed E-state index contributed by atoms with van der Waals surface area (Å²) in [6, 6.07) is 19.2. The second-order valence-corrected chi connectivity index (χ2v) is 8.70. The second kappa shape index (κ2) is 10.9. The quantitative estimate of drug-likeness (QED) is 0.246. The molecule has 0 saturated carbocycles. The van der Waals surface area contributed by atoms with Gasteiger partial charge in [-0.3, -0.25) is 14.9 Å². The van der Waals surface area contributed by atoms with E-state index in [-0.39, 0.29) is 18.2 Å². The first kappa shape index (κ1) is 23.4. The van der Waals surface area contributed by atoms with Gasteiger partial charge in [0.05, 0.1) is 15.6 Å². The lowest BCUT2D eigenvalue weighted by Gasteiger charge is -2.17. The maximum Gasteiger partial charge on any atom is 0.271 e. The molecule has 1 aliphatic rings. The second-order valence-electron chi connectivity index (χ2n) is 7.85. The fourth-order valence-corrected chi connectivity index (χ4v) is 4.18. The molecule has 0 radical (unpaired) electrons. The number of nitrogens with zero attached hydrogens (tertiary/aromatic N) is 3. The Bertz CT molecular complexity index is 1210. The zero-order chi connectivity index (χ0) is 23.9. The minimum Gasteiger partial charge on any atom is -0.488 e. The minimum atomic E-state index is -0.435. The first-order chi connectivity index (χ1) is 16.5. The summed E-state index contributed by atoms with van der Waals surface area (Å²) in [7, 11) is 0. The van der Waals surface area contributed by atoms with E-state index in [2.05, 4.69) is 31.4 Å². The summed E-state index contributed by atoms with van der Waals surface area (Å²) in [6.07, 6.45) is 3.96. The lowest BCUT2D eigenvalue weighted by atomic mass is 10.2. The fourth-order valence-electron chi connectivity index (χ4n) is 3.66. The van der Waals surface area contributed by atoms with Crippen molar-refractivity contribution in [2.75, 3.05) is 18.0 Å². The molecule has 174 valence electrons. The van der Waals surface area contributed by atoms with Crippen LogP contribution in [0.25, 0.3) is 0 Å². The number of amides is 1. The van der Waals surface area contributed by atoms with Crippen molar-refractivity contribution in [2.24, 2.45) is 5.10 Å². The summed E-state index contributed by atoms with van der Waals surface area (Å²) in [5.41, 5.74) is 5.71. The molecule has 0 unspecified atom stereocenters. The number of ether oxygens (including phenoxy) is 1. The van der Waals surface area contributed by atoms with E-state index in [1.54, 1.807) is 30.5 Å². The van der Waals surface area contributed by atoms with Crippen LogP contribution in [-0.2, 0) is 6.61 Å². The highest BCUT2D eigenvalue weighted by atomic mass is 79.9. The third kappa shape index (κ3) is 5.99. The maximum absolute atomic E-state index is 12.4. The molecule has 9 heteroatoms. The van der Waals surface area contributed by atoms with Crippen molar-refractivity contribution in [2.45, 2.75) is 19.4 Å². The SMILES string of the molecule is O=C(N/N=C\c1ccc(OCc2cccc([N+](=O)[O-])c2)c(Br)c1)c1ccc(N2CCCC2)cc1. The molecule has 0 spiro atoms. The van der Waals surface area contributed by atoms with Crippen molar-refractivity contribution >= 4 is 39.4 Å². The molecule has 0 aliphatic carbocycles. The van der Waals surface area contributed by atoms with E-state index in [1.165, 1.54) is 25.0 Å². The molecule has 1 amide bonds. The molecular formula is C25H23BrN4O4. The molecule has 0 bridgehead atoms. The Hall–Kier alpha value is -3.72. The highest BCUT2D eigenvalue weighted by molar-refractivity contribution is 9.10. The summed E-state index contributed by atoms with van der Waals surface area (Å²) >= 11 is 3.46. The largest absolute Gasteiger partial charge is 0.488 e. The van der Waals surface area contributed by atoms with E-state index >= 15 is 0 Å². The number of benzene rings is 3. The number of halogens is 1. The zero-order valence-corrected chi connectivity index (χ0v) is 19.9. The maximum atomic E-state index is 12.4. The van der Waals surface area contributed by atoms with Crippen molar-refractivity contribution in [1.82, 2.24) is 5.43 Å². The van der Waals surface area contributed by atoms with Gasteiger partial charge in [-0.25, -0.2) is 5.43 Å². The summed E-state index contributed by atoms with van der Waals surface area (Å²) < 4.78 is 6.47. The summed E-state index contributed by atoms with van der Waals surface area (Å²) in [6.45, 7) is 2.31. The molecule has 3 aromatic rings. The molecule has 1 heterocycles. The van der Waals surface area contributed by atoms with Gasteiger partial charge in [0.1, 0.15) is 12.4 Å². The van der Waals surface area contributed by atoms with Crippen LogP contribution in [0.3, 0.4) is 0 Å². The van der Waals surface area contributed by atoms with Crippen LogP contribution in [0, 0.1) is 10.1 Å². The standard InChI is InChI=1S/C25H23BrN4O4/c26-23-15-18(6-11-24(23)34-17-19-4-3-5-22(14-19)30(32)33)16-27-28-25(31)20-7-9-21(10-8-20)29-12-1-2-13-29/h3-11,14-16H,1-2,12-13,17H2,(H,28,31)/b27-16-. The van der Waals surface area contributed by atoms with Gasteiger partial charge in [0.25, 0.3) is 11.6 Å². The van der Waals surface area contributed by atoms with E-state index in [4.69, 9.17) is 4.74 Å². The van der Waals surface area contributed by atoms with Gasteiger partial charge in [-0.1, -0.05) is 12.1 Å². The number of nitrogens with one attached hydrogen (secondary N) is 1. The van der Waals surface area contributed by atoms with Crippen LogP contribution in [0.5, 0.6) is 5.75 Å². The van der Waals surface area contributed by atoms with Gasteiger partial charge in [0.2, 0.25) is 0 Å². The Balaban J connectivity index is 1.31. The molecule has 34 heavy (non-hydrogen) atoms. The molecule has 1 aliphatic heterocycles. The van der Waals surface area contributed by atoms with Crippen molar-refractivity contribution in [3.8, 4) is 5.75 Å². The van der Waals surface area contributed by atoms with Gasteiger partial charge < -0.3 is 9.64 Å². The van der Waals surface area contributed by atoms with Crippen molar-refractivity contribution in [3.05, 3.63) is 98.0 Å². The van der Waals surface area contributed by atoms with Crippen molar-refractivity contribution in [1.29, 1.82) is 0 Å². The highest BCUT2D eigenvalue weighted by Crippen LogP contribution is 2.27. The molecule has 3 aromatic carbocycles. The third-order valence-electron chi connectivity index (χ3n) is 5.45. The van der Waals surface area contributed by atoms with Gasteiger partial charge in [-0.05, 0) is 82.4 Å². The molecule has 1 saturated heterocycles. The summed E-state index contributed by atoms with van der Waals surface area (Å²) in [4.78, 5) is 25.2. The Morgan fingerprint density at radius 1 is 1.12 bits per heavy atom. The average molecular weight is 523 g/mol. The molecule has 8 nitrogen and oxygen atoms in total. The number of non-ortho nitro benzene ring substituents is 1. The van der Waals surface area contributed by atoms with E-state index < -0.39 is 4.92 Å². The normalized spacial score (nSPS) is 13.3. The van der Waals surface area contributed by atoms with Crippen LogP contribution in [0.2, 0.25) is 0 Å². The van der Waals surface area contributed by atoms with Crippen LogP contribution >= 0.6 is 15.9 Å². The van der Waals surface area contributed by atoms with Crippen LogP contribution in [0.1, 0.15) is 34.3 Å². The molecule has 1 N–H and O–H groups in total. The number of anilines is 1. The van der Waals surface area contributed by atoms with Gasteiger partial charge >= 0.3 is 0 Å². The fraction of sp³-hybridized carbons (Fsp3) is 0.200. The number of rotatable bonds is 8. The summed E-state index contributed by atoms with van der Waals surface area (Å²) in [5, 5.41) is 15.0. The molecule has 4 rings (SSSR count). The number of nitro groups is 1. The molecular weight excluding hydrogens is 500 g/mol. The van der Waals surface area contributed by atoms with Crippen LogP contribution in [0.15, 0.2) is 76.3 Å². The Morgan fingerprint density at radius 2 is 1.88 bits per heavy atom. The van der Waals surface area contributed by atoms with Crippen molar-refractivity contribution < 1.29 is 14.5 Å². The van der Waals surface area contributed by atoms with Gasteiger partial charge in [-0.2, -0.15) is 5.10 Å². The average Bonchev–Trinajstić information content (AvgIpc) is 3.39. The zero-order valence-electron chi connectivity index (χ0n) is 18.3. The number of carbonyl (C=O) groups is 1. The molecule has 1 fully saturated rings. The van der Waals surface area contributed by atoms with Gasteiger partial charge in [0, 0.05) is 36.5 Å². The number of hydrogen-bond donors (Lipinski definition) is 1. The number of nitro benzene ring substituents is 1. The van der Waals surface area contributed by atoms with E-state index in [1.807, 2.05) is 30.3 Å². The van der Waals surface area contributed by atoms with Crippen LogP contribution in [-0.4, -0.2) is 30.1 Å². The Morgan fingerprint density at radius 3 is 2.59 bits per heavy atom. The van der Waals surface area contributed by atoms with E-state index in [9.17, 15) is 14.9 Å². The molecule has 0 aromatic heterocycles. The predicted octanol–water partition coefficient (Wildman–Crippen LogP) is 5.30. The Kier molecular flexibility index (Phi) is 7.54. The van der Waals surface area contributed by atoms with Crippen molar-refractivity contribution in [3.63, 3.8) is 0 Å². The van der Waals surface area contributed by atoms with E-state index in [0.29, 0.717) is 21.3 Å². The van der Waals surface area contributed by atoms with E-state index in [0.717, 1.165) is 24.3 Å². The lowest BCUT2D eigenvalue weighted by molar-refractivity contribution is -0.384. The van der Waals surface area contributed by atoms with Crippen LogP contribution < -0.4 is 15.1 Å². The molecule has 0 atom stereocenters. The highest BCUT2D eigenvalue weighted by Gasteiger charge is 2.13. The number of hydrazone groups is 1. The summed E-state index contributed by atoms with van der Waals surface area (Å²) in [5.74, 6) is 0.311. The monoisotopic (exact) mass is 522 g/mol. The topological polar surface area (TPSA) is 97.1 Å². The smallest absolute Gasteiger partial charge is 0.271 e. The minimum absolute atomic E-state index is 0.0244. The van der Waals surface area contributed by atoms with Crippen LogP contribution in [0.4, 0.5) is 11.4 Å². The Labute approximate surface area is 205 Å². The number of hydrogen-bond acceptors (Lipinski definition) is 6. The first-order valence-electron chi connectivity index (χ1n) is 10.8. The third-order valence-corrected chi connectivity index (χ3v) is 6.07. The predicted molar refractivity (Wildman–Crippen MR) is 135 cm³/mol. The number of carbonyl (C=O) groups excluding carboxylic acids is 1. The first-order valence-corrected chi connectivity index (χ1v) is 11.6.